The molecule has 0 aromatic rings. The van der Waals surface area contributed by atoms with Gasteiger partial charge in [-0.2, -0.15) is 0 Å². The van der Waals surface area contributed by atoms with Gasteiger partial charge >= 0.3 is 0 Å². The lowest BCUT2D eigenvalue weighted by Crippen LogP contribution is -2.37. The van der Waals surface area contributed by atoms with E-state index in [9.17, 15) is 0 Å². The van der Waals surface area contributed by atoms with Crippen LogP contribution in [-0.4, -0.2) is 38.6 Å². The molecule has 0 heterocycles. The topological polar surface area (TPSA) is 27.7 Å². The molecule has 4 aliphatic rings. The lowest BCUT2D eigenvalue weighted by atomic mass is 9.69. The van der Waals surface area contributed by atoms with Crippen LogP contribution in [0.5, 0.6) is 0 Å². The van der Waals surface area contributed by atoms with Crippen LogP contribution in [0.25, 0.3) is 0 Å². The summed E-state index contributed by atoms with van der Waals surface area (Å²) in [6, 6.07) is 0. The number of fused-ring (bicyclic) bond motifs is 1. The lowest BCUT2D eigenvalue weighted by molar-refractivity contribution is -0.0681. The van der Waals surface area contributed by atoms with Crippen LogP contribution in [0.15, 0.2) is 0 Å². The van der Waals surface area contributed by atoms with Crippen molar-refractivity contribution < 1.29 is 14.2 Å². The maximum atomic E-state index is 6.40. The zero-order chi connectivity index (χ0) is 20.6. The first kappa shape index (κ1) is 23.1. The molecular formula is C27H48O3. The van der Waals surface area contributed by atoms with Gasteiger partial charge in [-0.15, -0.1) is 0 Å². The van der Waals surface area contributed by atoms with Gasteiger partial charge in [0.25, 0.3) is 0 Å². The molecule has 0 spiro atoms. The van der Waals surface area contributed by atoms with E-state index in [4.69, 9.17) is 14.2 Å². The van der Waals surface area contributed by atoms with E-state index in [-0.39, 0.29) is 0 Å². The summed E-state index contributed by atoms with van der Waals surface area (Å²) in [5.74, 6) is 4.35. The van der Waals surface area contributed by atoms with Crippen LogP contribution in [0.2, 0.25) is 0 Å². The molecule has 0 aliphatic heterocycles. The van der Waals surface area contributed by atoms with Crippen molar-refractivity contribution in [1.82, 2.24) is 0 Å². The van der Waals surface area contributed by atoms with Crippen LogP contribution >= 0.6 is 0 Å². The molecule has 3 nitrogen and oxygen atoms in total. The monoisotopic (exact) mass is 420 g/mol. The SMILES string of the molecule is CC1CCC(COCCOC2CCC3CC(OCC4CCCCC4)CCC3C2)CC1. The van der Waals surface area contributed by atoms with Gasteiger partial charge in [-0.25, -0.2) is 0 Å². The first-order valence-electron chi connectivity index (χ1n) is 13.6. The molecule has 4 unspecified atom stereocenters. The number of hydrogen-bond acceptors (Lipinski definition) is 3. The molecule has 4 rings (SSSR count). The normalized spacial score (nSPS) is 38.3. The third kappa shape index (κ3) is 7.20. The first-order valence-corrected chi connectivity index (χ1v) is 13.6. The summed E-state index contributed by atoms with van der Waals surface area (Å²) in [5.41, 5.74) is 0. The van der Waals surface area contributed by atoms with Gasteiger partial charge in [0.15, 0.2) is 0 Å². The van der Waals surface area contributed by atoms with E-state index in [2.05, 4.69) is 6.92 Å². The van der Waals surface area contributed by atoms with Gasteiger partial charge in [-0.1, -0.05) is 39.0 Å². The largest absolute Gasteiger partial charge is 0.379 e. The minimum absolute atomic E-state index is 0.477. The molecule has 0 radical (unpaired) electrons. The van der Waals surface area contributed by atoms with Gasteiger partial charge < -0.3 is 14.2 Å². The Morgan fingerprint density at radius 1 is 0.567 bits per heavy atom. The van der Waals surface area contributed by atoms with Crippen LogP contribution in [0, 0.1) is 29.6 Å². The van der Waals surface area contributed by atoms with E-state index in [0.29, 0.717) is 12.2 Å². The molecule has 4 saturated carbocycles. The molecule has 0 aromatic carbocycles. The zero-order valence-corrected chi connectivity index (χ0v) is 19.7. The molecule has 0 saturated heterocycles. The highest BCUT2D eigenvalue weighted by atomic mass is 16.5. The fourth-order valence-electron chi connectivity index (χ4n) is 6.75. The first-order chi connectivity index (χ1) is 14.8. The Bertz CT molecular complexity index is 467. The maximum absolute atomic E-state index is 6.40. The average Bonchev–Trinajstić information content (AvgIpc) is 2.79. The zero-order valence-electron chi connectivity index (χ0n) is 19.7. The third-order valence-electron chi connectivity index (χ3n) is 8.88. The number of rotatable bonds is 9. The number of ether oxygens (including phenoxy) is 3. The fraction of sp³-hybridized carbons (Fsp3) is 1.00. The van der Waals surface area contributed by atoms with E-state index in [1.165, 1.54) is 96.3 Å². The molecule has 4 atom stereocenters. The Kier molecular flexibility index (Phi) is 9.38. The van der Waals surface area contributed by atoms with Gasteiger partial charge in [0.2, 0.25) is 0 Å². The average molecular weight is 421 g/mol. The Hall–Kier alpha value is -0.120. The highest BCUT2D eigenvalue weighted by molar-refractivity contribution is 4.87. The summed E-state index contributed by atoms with van der Waals surface area (Å²) >= 11 is 0. The highest BCUT2D eigenvalue weighted by Gasteiger charge is 2.36. The predicted octanol–water partition coefficient (Wildman–Crippen LogP) is 6.78. The standard InChI is InChI=1S/C27H48O3/c1-21-7-9-23(10-8-21)19-28-15-16-29-26-13-11-25-18-27(14-12-24(25)17-26)30-20-22-5-3-2-4-6-22/h21-27H,2-20H2,1H3. The Labute approximate surface area is 186 Å². The molecule has 0 amide bonds. The quantitative estimate of drug-likeness (QED) is 0.385. The van der Waals surface area contributed by atoms with E-state index < -0.39 is 0 Å². The minimum atomic E-state index is 0.477. The van der Waals surface area contributed by atoms with Crippen molar-refractivity contribution in [2.45, 2.75) is 115 Å². The Balaban J connectivity index is 1.05. The van der Waals surface area contributed by atoms with Crippen molar-refractivity contribution in [2.75, 3.05) is 26.4 Å². The van der Waals surface area contributed by atoms with E-state index in [0.717, 1.165) is 56.0 Å². The second kappa shape index (κ2) is 12.2. The minimum Gasteiger partial charge on any atom is -0.379 e. The Morgan fingerprint density at radius 2 is 1.20 bits per heavy atom. The molecule has 0 bridgehead atoms. The molecule has 4 fully saturated rings. The summed E-state index contributed by atoms with van der Waals surface area (Å²) in [6.45, 7) is 5.95. The van der Waals surface area contributed by atoms with Gasteiger partial charge in [0.05, 0.1) is 25.4 Å². The van der Waals surface area contributed by atoms with Crippen LogP contribution < -0.4 is 0 Å². The summed E-state index contributed by atoms with van der Waals surface area (Å²) in [6.07, 6.45) is 21.4. The molecular weight excluding hydrogens is 372 g/mol. The van der Waals surface area contributed by atoms with Crippen LogP contribution in [0.1, 0.15) is 103 Å². The smallest absolute Gasteiger partial charge is 0.0704 e. The molecule has 0 N–H and O–H groups in total. The van der Waals surface area contributed by atoms with Gasteiger partial charge in [0, 0.05) is 13.2 Å². The third-order valence-corrected chi connectivity index (χ3v) is 8.88. The van der Waals surface area contributed by atoms with Crippen LogP contribution in [0.4, 0.5) is 0 Å². The van der Waals surface area contributed by atoms with Gasteiger partial charge in [-0.3, -0.25) is 0 Å². The second-order valence-electron chi connectivity index (χ2n) is 11.3. The van der Waals surface area contributed by atoms with E-state index >= 15 is 0 Å². The fourth-order valence-corrected chi connectivity index (χ4v) is 6.75. The Morgan fingerprint density at radius 3 is 1.90 bits per heavy atom. The molecule has 30 heavy (non-hydrogen) atoms. The second-order valence-corrected chi connectivity index (χ2v) is 11.3. The number of hydrogen-bond donors (Lipinski definition) is 0. The van der Waals surface area contributed by atoms with Crippen LogP contribution in [0.3, 0.4) is 0 Å². The van der Waals surface area contributed by atoms with E-state index in [1.54, 1.807) is 0 Å². The van der Waals surface area contributed by atoms with Crippen molar-refractivity contribution in [1.29, 1.82) is 0 Å². The summed E-state index contributed by atoms with van der Waals surface area (Å²) in [5, 5.41) is 0. The highest BCUT2D eigenvalue weighted by Crippen LogP contribution is 2.42. The maximum Gasteiger partial charge on any atom is 0.0704 e. The predicted molar refractivity (Wildman–Crippen MR) is 123 cm³/mol. The van der Waals surface area contributed by atoms with Gasteiger partial charge in [-0.05, 0) is 93.8 Å². The van der Waals surface area contributed by atoms with Crippen LogP contribution in [-0.2, 0) is 14.2 Å². The van der Waals surface area contributed by atoms with Crippen molar-refractivity contribution in [2.24, 2.45) is 29.6 Å². The molecule has 174 valence electrons. The van der Waals surface area contributed by atoms with E-state index in [1.807, 2.05) is 0 Å². The molecule has 0 aromatic heterocycles. The summed E-state index contributed by atoms with van der Waals surface area (Å²) < 4.78 is 18.6. The summed E-state index contributed by atoms with van der Waals surface area (Å²) in [7, 11) is 0. The van der Waals surface area contributed by atoms with Gasteiger partial charge in [0.1, 0.15) is 0 Å². The van der Waals surface area contributed by atoms with Crippen molar-refractivity contribution in [3.63, 3.8) is 0 Å². The summed E-state index contributed by atoms with van der Waals surface area (Å²) in [4.78, 5) is 0. The lowest BCUT2D eigenvalue weighted by Gasteiger charge is -2.42. The molecule has 3 heteroatoms. The van der Waals surface area contributed by atoms with Crippen molar-refractivity contribution in [3.8, 4) is 0 Å². The van der Waals surface area contributed by atoms with Crippen molar-refractivity contribution in [3.05, 3.63) is 0 Å². The van der Waals surface area contributed by atoms with Crippen molar-refractivity contribution >= 4 is 0 Å². The molecule has 4 aliphatic carbocycles.